The van der Waals surface area contributed by atoms with E-state index in [0.717, 1.165) is 11.3 Å². The number of methoxy groups -OCH3 is 1. The van der Waals surface area contributed by atoms with E-state index in [0.29, 0.717) is 17.9 Å². The molecule has 0 atom stereocenters. The summed E-state index contributed by atoms with van der Waals surface area (Å²) in [4.78, 5) is 53.4. The second kappa shape index (κ2) is 11.4. The monoisotopic (exact) mass is 466 g/mol. The maximum Gasteiger partial charge on any atom is 0.342 e. The van der Waals surface area contributed by atoms with Crippen molar-refractivity contribution in [1.82, 2.24) is 9.55 Å². The van der Waals surface area contributed by atoms with E-state index in [2.05, 4.69) is 4.98 Å². The zero-order chi connectivity index (χ0) is 23.8. The lowest BCUT2D eigenvalue weighted by molar-refractivity contribution is -0.121. The van der Waals surface area contributed by atoms with Gasteiger partial charge in [0.15, 0.2) is 12.3 Å². The molecular weight excluding hydrogens is 440 g/mol. The second-order valence-corrected chi connectivity index (χ2v) is 7.40. The zero-order valence-electron chi connectivity index (χ0n) is 18.3. The molecule has 11 heteroatoms. The average Bonchev–Trinajstić information content (AvgIpc) is 2.76. The summed E-state index contributed by atoms with van der Waals surface area (Å²) < 4.78 is 11.5. The van der Waals surface area contributed by atoms with E-state index in [1.54, 1.807) is 6.07 Å². The van der Waals surface area contributed by atoms with Gasteiger partial charge in [-0.2, -0.15) is 0 Å². The van der Waals surface area contributed by atoms with Crippen molar-refractivity contribution >= 4 is 35.0 Å². The van der Waals surface area contributed by atoms with Crippen LogP contribution in [0.5, 0.6) is 5.75 Å². The lowest BCUT2D eigenvalue weighted by Crippen LogP contribution is -2.43. The van der Waals surface area contributed by atoms with Gasteiger partial charge in [0.2, 0.25) is 0 Å². The highest BCUT2D eigenvalue weighted by molar-refractivity contribution is 6.31. The summed E-state index contributed by atoms with van der Waals surface area (Å²) in [6.45, 7) is 3.54. The number of ether oxygens (including phenoxy) is 2. The van der Waals surface area contributed by atoms with Crippen LogP contribution < -0.4 is 26.6 Å². The van der Waals surface area contributed by atoms with E-state index in [-0.39, 0.29) is 35.9 Å². The van der Waals surface area contributed by atoms with Crippen LogP contribution in [0.3, 0.4) is 0 Å². The number of H-pyrrole nitrogens is 1. The first-order valence-corrected chi connectivity index (χ1v) is 10.6. The highest BCUT2D eigenvalue weighted by Crippen LogP contribution is 2.24. The number of nitrogens with one attached hydrogen (secondary N) is 1. The van der Waals surface area contributed by atoms with Crippen LogP contribution in [0.15, 0.2) is 27.8 Å². The van der Waals surface area contributed by atoms with E-state index < -0.39 is 29.7 Å². The molecule has 0 unspecified atom stereocenters. The highest BCUT2D eigenvalue weighted by atomic mass is 35.5. The number of halogens is 1. The first-order chi connectivity index (χ1) is 15.2. The van der Waals surface area contributed by atoms with Gasteiger partial charge in [0.25, 0.3) is 11.5 Å². The fourth-order valence-electron chi connectivity index (χ4n) is 3.08. The number of nitrogens with two attached hydrogens (primary N) is 1. The van der Waals surface area contributed by atoms with Crippen LogP contribution in [0.2, 0.25) is 5.02 Å². The number of amides is 1. The molecule has 2 rings (SSSR count). The molecule has 0 spiro atoms. The third-order valence-electron chi connectivity index (χ3n) is 4.68. The Morgan fingerprint density at radius 2 is 1.94 bits per heavy atom. The Bertz CT molecular complexity index is 1090. The minimum atomic E-state index is -0.814. The van der Waals surface area contributed by atoms with Gasteiger partial charge in [0.05, 0.1) is 7.11 Å². The van der Waals surface area contributed by atoms with E-state index in [1.165, 1.54) is 23.8 Å². The third kappa shape index (κ3) is 5.70. The first-order valence-electron chi connectivity index (χ1n) is 10.2. The molecule has 0 aliphatic rings. The molecule has 10 nitrogen and oxygen atoms in total. The van der Waals surface area contributed by atoms with E-state index in [1.807, 2.05) is 13.8 Å². The third-order valence-corrected chi connectivity index (χ3v) is 4.91. The Morgan fingerprint density at radius 3 is 2.56 bits per heavy atom. The van der Waals surface area contributed by atoms with Gasteiger partial charge in [-0.05, 0) is 31.0 Å². The number of hydrogen-bond acceptors (Lipinski definition) is 7. The Labute approximate surface area is 189 Å². The molecule has 1 aromatic carbocycles. The normalized spacial score (nSPS) is 10.6. The van der Waals surface area contributed by atoms with Crippen molar-refractivity contribution in [3.8, 4) is 5.75 Å². The van der Waals surface area contributed by atoms with Crippen LogP contribution in [0.1, 0.15) is 43.5 Å². The summed E-state index contributed by atoms with van der Waals surface area (Å²) in [5, 5.41) is 0.297. The zero-order valence-corrected chi connectivity index (χ0v) is 19.0. The number of aromatic nitrogens is 2. The number of aromatic amines is 1. The largest absolute Gasteiger partial charge is 0.496 e. The molecule has 0 radical (unpaired) electrons. The minimum absolute atomic E-state index is 0.0572. The van der Waals surface area contributed by atoms with E-state index in [9.17, 15) is 19.2 Å². The molecule has 1 heterocycles. The molecule has 0 aliphatic heterocycles. The molecule has 1 amide bonds. The molecule has 3 N–H and O–H groups in total. The van der Waals surface area contributed by atoms with Crippen molar-refractivity contribution in [3.05, 3.63) is 49.6 Å². The van der Waals surface area contributed by atoms with E-state index in [4.69, 9.17) is 26.8 Å². The van der Waals surface area contributed by atoms with Gasteiger partial charge in [0.1, 0.15) is 17.1 Å². The molecule has 0 saturated heterocycles. The number of rotatable bonds is 10. The van der Waals surface area contributed by atoms with Crippen LogP contribution in [0, 0.1) is 0 Å². The Kier molecular flexibility index (Phi) is 8.89. The Morgan fingerprint density at radius 1 is 1.22 bits per heavy atom. The number of anilines is 2. The standard InChI is InChI=1S/C21H27ClN4O6/c1-4-6-10-25(17-18(23)26(9-5-2)21(30)24-19(17)28)16(27)12-32-20(29)14-11-13(22)7-8-15(14)31-3/h7-8,11H,4-6,9-10,12,23H2,1-3H3,(H,24,28,30). The second-order valence-electron chi connectivity index (χ2n) is 6.96. The fourth-order valence-corrected chi connectivity index (χ4v) is 3.26. The summed E-state index contributed by atoms with van der Waals surface area (Å²) in [6, 6.07) is 4.42. The molecule has 0 aliphatic carbocycles. The number of benzene rings is 1. The summed E-state index contributed by atoms with van der Waals surface area (Å²) in [5.74, 6) is -1.35. The molecule has 0 fully saturated rings. The average molecular weight is 467 g/mol. The molecule has 32 heavy (non-hydrogen) atoms. The molecule has 174 valence electrons. The fraction of sp³-hybridized carbons (Fsp3) is 0.429. The van der Waals surface area contributed by atoms with Gasteiger partial charge in [0, 0.05) is 18.1 Å². The maximum atomic E-state index is 13.0. The molecule has 1 aromatic heterocycles. The van der Waals surface area contributed by atoms with Crippen LogP contribution in [-0.2, 0) is 16.1 Å². The number of hydrogen-bond donors (Lipinski definition) is 2. The highest BCUT2D eigenvalue weighted by Gasteiger charge is 2.25. The summed E-state index contributed by atoms with van der Waals surface area (Å²) >= 11 is 5.94. The summed E-state index contributed by atoms with van der Waals surface area (Å²) in [6.07, 6.45) is 1.89. The molecule has 0 bridgehead atoms. The lowest BCUT2D eigenvalue weighted by atomic mass is 10.2. The van der Waals surface area contributed by atoms with Crippen molar-refractivity contribution < 1.29 is 19.1 Å². The quantitative estimate of drug-likeness (QED) is 0.512. The molecular formula is C21H27ClN4O6. The van der Waals surface area contributed by atoms with Gasteiger partial charge in [-0.3, -0.25) is 19.1 Å². The number of esters is 1. The summed E-state index contributed by atoms with van der Waals surface area (Å²) in [5.41, 5.74) is 4.57. The lowest BCUT2D eigenvalue weighted by Gasteiger charge is -2.24. The van der Waals surface area contributed by atoms with Crippen molar-refractivity contribution in [2.75, 3.05) is 30.9 Å². The predicted molar refractivity (Wildman–Crippen MR) is 122 cm³/mol. The van der Waals surface area contributed by atoms with Crippen LogP contribution in [0.25, 0.3) is 0 Å². The van der Waals surface area contributed by atoms with Gasteiger partial charge >= 0.3 is 11.7 Å². The number of carbonyl (C=O) groups is 2. The number of nitrogen functional groups attached to an aromatic ring is 1. The molecule has 0 saturated carbocycles. The smallest absolute Gasteiger partial charge is 0.342 e. The minimum Gasteiger partial charge on any atom is -0.496 e. The predicted octanol–water partition coefficient (Wildman–Crippen LogP) is 2.18. The van der Waals surface area contributed by atoms with Gasteiger partial charge in [-0.15, -0.1) is 0 Å². The van der Waals surface area contributed by atoms with Crippen LogP contribution in [-0.4, -0.2) is 41.7 Å². The Hall–Kier alpha value is -3.27. The molecule has 2 aromatic rings. The SMILES string of the molecule is CCCCN(C(=O)COC(=O)c1cc(Cl)ccc1OC)c1c(N)n(CCC)c(=O)[nH]c1=O. The van der Waals surface area contributed by atoms with Crippen LogP contribution in [0.4, 0.5) is 11.5 Å². The first kappa shape index (κ1) is 25.0. The number of nitrogens with zero attached hydrogens (tertiary/aromatic N) is 2. The van der Waals surface area contributed by atoms with Crippen LogP contribution >= 0.6 is 11.6 Å². The van der Waals surface area contributed by atoms with Crippen molar-refractivity contribution in [2.24, 2.45) is 0 Å². The van der Waals surface area contributed by atoms with Gasteiger partial charge in [-0.1, -0.05) is 31.9 Å². The van der Waals surface area contributed by atoms with Gasteiger partial charge in [-0.25, -0.2) is 9.59 Å². The topological polar surface area (TPSA) is 137 Å². The Balaban J connectivity index is 2.33. The van der Waals surface area contributed by atoms with E-state index >= 15 is 0 Å². The maximum absolute atomic E-state index is 13.0. The summed E-state index contributed by atoms with van der Waals surface area (Å²) in [7, 11) is 1.39. The van der Waals surface area contributed by atoms with Crippen molar-refractivity contribution in [3.63, 3.8) is 0 Å². The number of carbonyl (C=O) groups excluding carboxylic acids is 2. The van der Waals surface area contributed by atoms with Gasteiger partial charge < -0.3 is 20.1 Å². The van der Waals surface area contributed by atoms with Crippen molar-refractivity contribution in [1.29, 1.82) is 0 Å². The number of unbranched alkanes of at least 4 members (excludes halogenated alkanes) is 1. The van der Waals surface area contributed by atoms with Crippen molar-refractivity contribution in [2.45, 2.75) is 39.7 Å².